The zero-order valence-corrected chi connectivity index (χ0v) is 6.37. The molecule has 0 saturated heterocycles. The molecular formula is C5H8BrCl. The Bertz CT molecular complexity index is 52.0. The quantitative estimate of drug-likeness (QED) is 0.466. The van der Waals surface area contributed by atoms with Gasteiger partial charge in [0.1, 0.15) is 0 Å². The van der Waals surface area contributed by atoms with Gasteiger partial charge >= 0.3 is 0 Å². The molecule has 0 amide bonds. The molecule has 0 aromatic carbocycles. The van der Waals surface area contributed by atoms with Gasteiger partial charge in [-0.1, -0.05) is 22.0 Å². The van der Waals surface area contributed by atoms with E-state index in [2.05, 4.69) is 15.9 Å². The summed E-state index contributed by atoms with van der Waals surface area (Å²) in [5.41, 5.74) is 0. The van der Waals surface area contributed by atoms with E-state index in [1.54, 1.807) is 0 Å². The van der Waals surface area contributed by atoms with Crippen LogP contribution in [-0.4, -0.2) is 5.88 Å². The third kappa shape index (κ3) is 6.51. The van der Waals surface area contributed by atoms with Crippen molar-refractivity contribution in [1.82, 2.24) is 0 Å². The van der Waals surface area contributed by atoms with Gasteiger partial charge in [-0.3, -0.25) is 0 Å². The highest BCUT2D eigenvalue weighted by Crippen LogP contribution is 1.94. The second kappa shape index (κ2) is 6.51. The van der Waals surface area contributed by atoms with E-state index in [-0.39, 0.29) is 0 Å². The van der Waals surface area contributed by atoms with Gasteiger partial charge in [0.15, 0.2) is 0 Å². The fourth-order valence-corrected chi connectivity index (χ4v) is 0.677. The lowest BCUT2D eigenvalue weighted by Gasteiger charge is -1.81. The highest BCUT2D eigenvalue weighted by atomic mass is 79.9. The van der Waals surface area contributed by atoms with Gasteiger partial charge in [-0.2, -0.15) is 0 Å². The predicted octanol–water partition coefficient (Wildman–Crippen LogP) is 2.91. The fourth-order valence-electron chi connectivity index (χ4n) is 0.258. The zero-order chi connectivity index (χ0) is 5.54. The standard InChI is InChI=1S/C5H8BrCl/c6-4-2-1-3-5-7/h2,4H,1,3,5H2/b4-2-. The van der Waals surface area contributed by atoms with E-state index in [1.165, 1.54) is 0 Å². The van der Waals surface area contributed by atoms with Crippen molar-refractivity contribution in [2.45, 2.75) is 12.8 Å². The highest BCUT2D eigenvalue weighted by molar-refractivity contribution is 9.11. The van der Waals surface area contributed by atoms with Crippen LogP contribution in [0.4, 0.5) is 0 Å². The van der Waals surface area contributed by atoms with Crippen LogP contribution in [0.2, 0.25) is 0 Å². The van der Waals surface area contributed by atoms with Crippen molar-refractivity contribution in [1.29, 1.82) is 0 Å². The first kappa shape index (κ1) is 7.51. The minimum absolute atomic E-state index is 0.761. The van der Waals surface area contributed by atoms with Crippen LogP contribution in [0.25, 0.3) is 0 Å². The van der Waals surface area contributed by atoms with Crippen LogP contribution in [0.1, 0.15) is 12.8 Å². The van der Waals surface area contributed by atoms with E-state index in [9.17, 15) is 0 Å². The number of unbranched alkanes of at least 4 members (excludes halogenated alkanes) is 1. The molecule has 0 nitrogen and oxygen atoms in total. The van der Waals surface area contributed by atoms with E-state index in [0.717, 1.165) is 18.7 Å². The van der Waals surface area contributed by atoms with E-state index < -0.39 is 0 Å². The Morgan fingerprint density at radius 2 is 2.29 bits per heavy atom. The summed E-state index contributed by atoms with van der Waals surface area (Å²) in [6.45, 7) is 0. The number of hydrogen-bond acceptors (Lipinski definition) is 0. The van der Waals surface area contributed by atoms with Crippen molar-refractivity contribution in [3.8, 4) is 0 Å². The molecule has 0 heterocycles. The molecule has 0 radical (unpaired) electrons. The average molecular weight is 183 g/mol. The van der Waals surface area contributed by atoms with Crippen molar-refractivity contribution >= 4 is 27.5 Å². The Morgan fingerprint density at radius 3 is 2.71 bits per heavy atom. The van der Waals surface area contributed by atoms with E-state index in [4.69, 9.17) is 11.6 Å². The summed E-state index contributed by atoms with van der Waals surface area (Å²) < 4.78 is 0. The monoisotopic (exact) mass is 182 g/mol. The molecule has 0 rings (SSSR count). The summed E-state index contributed by atoms with van der Waals surface area (Å²) >= 11 is 8.54. The van der Waals surface area contributed by atoms with Crippen LogP contribution in [0.15, 0.2) is 11.1 Å². The van der Waals surface area contributed by atoms with Crippen molar-refractivity contribution in [3.63, 3.8) is 0 Å². The van der Waals surface area contributed by atoms with Crippen LogP contribution in [-0.2, 0) is 0 Å². The lowest BCUT2D eigenvalue weighted by atomic mass is 10.3. The topological polar surface area (TPSA) is 0 Å². The first-order valence-corrected chi connectivity index (χ1v) is 3.68. The highest BCUT2D eigenvalue weighted by Gasteiger charge is 1.75. The van der Waals surface area contributed by atoms with Crippen molar-refractivity contribution < 1.29 is 0 Å². The van der Waals surface area contributed by atoms with Gasteiger partial charge in [-0.15, -0.1) is 11.6 Å². The second-order valence-electron chi connectivity index (χ2n) is 1.19. The maximum Gasteiger partial charge on any atom is 0.0226 e. The van der Waals surface area contributed by atoms with Gasteiger partial charge in [-0.05, 0) is 17.8 Å². The van der Waals surface area contributed by atoms with Crippen LogP contribution in [0.3, 0.4) is 0 Å². The Kier molecular flexibility index (Phi) is 6.98. The number of rotatable bonds is 3. The predicted molar refractivity (Wildman–Crippen MR) is 38.0 cm³/mol. The zero-order valence-electron chi connectivity index (χ0n) is 4.03. The van der Waals surface area contributed by atoms with Crippen LogP contribution < -0.4 is 0 Å². The Labute approximate surface area is 57.7 Å². The molecule has 42 valence electrons. The van der Waals surface area contributed by atoms with Gasteiger partial charge in [0, 0.05) is 5.88 Å². The van der Waals surface area contributed by atoms with E-state index in [0.29, 0.717) is 0 Å². The molecule has 0 spiro atoms. The van der Waals surface area contributed by atoms with Gasteiger partial charge in [-0.25, -0.2) is 0 Å². The number of hydrogen-bond donors (Lipinski definition) is 0. The summed E-state index contributed by atoms with van der Waals surface area (Å²) in [5, 5.41) is 0. The van der Waals surface area contributed by atoms with E-state index >= 15 is 0 Å². The summed E-state index contributed by atoms with van der Waals surface area (Å²) in [6.07, 6.45) is 4.20. The number of allylic oxidation sites excluding steroid dienone is 1. The minimum Gasteiger partial charge on any atom is -0.127 e. The van der Waals surface area contributed by atoms with Gasteiger partial charge in [0.05, 0.1) is 0 Å². The maximum atomic E-state index is 5.39. The normalized spacial score (nSPS) is 10.6. The summed E-state index contributed by atoms with van der Waals surface area (Å²) in [5.74, 6) is 0.761. The largest absolute Gasteiger partial charge is 0.127 e. The summed E-state index contributed by atoms with van der Waals surface area (Å²) in [7, 11) is 0. The smallest absolute Gasteiger partial charge is 0.0226 e. The molecule has 0 unspecified atom stereocenters. The number of alkyl halides is 1. The summed E-state index contributed by atoms with van der Waals surface area (Å²) in [6, 6.07) is 0. The molecule has 2 heteroatoms. The molecule has 0 aromatic rings. The molecule has 7 heavy (non-hydrogen) atoms. The minimum atomic E-state index is 0.761. The van der Waals surface area contributed by atoms with Crippen LogP contribution in [0.5, 0.6) is 0 Å². The van der Waals surface area contributed by atoms with Gasteiger partial charge in [0.25, 0.3) is 0 Å². The molecule has 0 bridgehead atoms. The maximum absolute atomic E-state index is 5.39. The van der Waals surface area contributed by atoms with E-state index in [1.807, 2.05) is 11.1 Å². The molecule has 0 saturated carbocycles. The first-order chi connectivity index (χ1) is 3.41. The second-order valence-corrected chi connectivity index (χ2v) is 2.10. The molecule has 0 atom stereocenters. The fraction of sp³-hybridized carbons (Fsp3) is 0.600. The van der Waals surface area contributed by atoms with Crippen molar-refractivity contribution in [2.75, 3.05) is 5.88 Å². The molecular weight excluding hydrogens is 175 g/mol. The average Bonchev–Trinajstić information content (AvgIpc) is 1.69. The molecule has 0 aromatic heterocycles. The third-order valence-corrected chi connectivity index (χ3v) is 1.23. The van der Waals surface area contributed by atoms with Crippen LogP contribution in [0, 0.1) is 0 Å². The SMILES string of the molecule is ClCCC/C=C\Br. The van der Waals surface area contributed by atoms with Crippen molar-refractivity contribution in [2.24, 2.45) is 0 Å². The van der Waals surface area contributed by atoms with Gasteiger partial charge < -0.3 is 0 Å². The van der Waals surface area contributed by atoms with Crippen molar-refractivity contribution in [3.05, 3.63) is 11.1 Å². The molecule has 0 aliphatic heterocycles. The molecule has 0 N–H and O–H groups in total. The number of halogens is 2. The lowest BCUT2D eigenvalue weighted by molar-refractivity contribution is 0.968. The Balaban J connectivity index is 2.69. The Hall–Kier alpha value is 0.510. The van der Waals surface area contributed by atoms with Crippen LogP contribution >= 0.6 is 27.5 Å². The lowest BCUT2D eigenvalue weighted by Crippen LogP contribution is -1.68. The molecule has 0 fully saturated rings. The van der Waals surface area contributed by atoms with Gasteiger partial charge in [0.2, 0.25) is 0 Å². The Morgan fingerprint density at radius 1 is 1.57 bits per heavy atom. The molecule has 0 aliphatic carbocycles. The third-order valence-electron chi connectivity index (χ3n) is 0.594. The first-order valence-electron chi connectivity index (χ1n) is 2.23. The summed E-state index contributed by atoms with van der Waals surface area (Å²) in [4.78, 5) is 1.86. The molecule has 0 aliphatic rings.